The van der Waals surface area contributed by atoms with Crippen LogP contribution in [-0.2, 0) is 21.9 Å². The highest BCUT2D eigenvalue weighted by Gasteiger charge is 2.30. The van der Waals surface area contributed by atoms with Gasteiger partial charge in [0, 0.05) is 29.9 Å². The number of carbonyl (C=O) groups excluding carboxylic acids is 1. The van der Waals surface area contributed by atoms with Crippen molar-refractivity contribution in [1.29, 1.82) is 0 Å². The van der Waals surface area contributed by atoms with Crippen LogP contribution in [0.25, 0.3) is 33.4 Å². The van der Waals surface area contributed by atoms with E-state index in [2.05, 4.69) is 26.6 Å². The minimum absolute atomic E-state index is 0.106. The number of aromatic nitrogens is 3. The average Bonchev–Trinajstić information content (AvgIpc) is 3.45. The van der Waals surface area contributed by atoms with Crippen molar-refractivity contribution in [2.24, 2.45) is 7.05 Å². The van der Waals surface area contributed by atoms with E-state index >= 15 is 0 Å². The number of aliphatic hydroxyl groups is 1. The Morgan fingerprint density at radius 2 is 1.74 bits per heavy atom. The van der Waals surface area contributed by atoms with E-state index in [1.54, 1.807) is 31.2 Å². The van der Waals surface area contributed by atoms with E-state index in [-0.39, 0.29) is 10.8 Å². The molecule has 1 amide bonds. The smallest absolute Gasteiger partial charge is 0.250 e. The second kappa shape index (κ2) is 10.3. The summed E-state index contributed by atoms with van der Waals surface area (Å²) in [6.07, 6.45) is 2.69. The minimum Gasteiger partial charge on any atom is -0.391 e. The van der Waals surface area contributed by atoms with Gasteiger partial charge in [-0.3, -0.25) is 4.79 Å². The molecule has 10 nitrogen and oxygen atoms in total. The first-order chi connectivity index (χ1) is 18.6. The van der Waals surface area contributed by atoms with Crippen LogP contribution in [0.4, 0.5) is 11.5 Å². The topological polar surface area (TPSA) is 152 Å². The van der Waals surface area contributed by atoms with Crippen LogP contribution in [0.2, 0.25) is 0 Å². The van der Waals surface area contributed by atoms with Crippen molar-refractivity contribution in [3.8, 4) is 22.4 Å². The third-order valence-electron chi connectivity index (χ3n) is 7.04. The maximum Gasteiger partial charge on any atom is 0.250 e. The normalized spacial score (nSPS) is 17.4. The van der Waals surface area contributed by atoms with E-state index in [1.807, 2.05) is 23.7 Å². The van der Waals surface area contributed by atoms with Crippen molar-refractivity contribution >= 4 is 38.5 Å². The zero-order valence-corrected chi connectivity index (χ0v) is 22.5. The number of aryl methyl sites for hydroxylation is 1. The fourth-order valence-electron chi connectivity index (χ4n) is 4.99. The Bertz CT molecular complexity index is 1680. The van der Waals surface area contributed by atoms with Gasteiger partial charge in [-0.1, -0.05) is 30.8 Å². The SMILES string of the molecule is C=C(C)C(=O)Nc1ccc(-c2c(-c3ccc(S(=O)(=O)NC4CCCC4O)cc3)c3c(N)ncnc3n2C)cc1. The van der Waals surface area contributed by atoms with Gasteiger partial charge in [-0.25, -0.2) is 23.1 Å². The van der Waals surface area contributed by atoms with Gasteiger partial charge >= 0.3 is 0 Å². The van der Waals surface area contributed by atoms with Gasteiger partial charge in [-0.15, -0.1) is 0 Å². The molecule has 2 aromatic heterocycles. The molecule has 0 spiro atoms. The number of amides is 1. The van der Waals surface area contributed by atoms with Gasteiger partial charge in [0.25, 0.3) is 5.91 Å². The van der Waals surface area contributed by atoms with Crippen LogP contribution in [0.15, 0.2) is 71.9 Å². The van der Waals surface area contributed by atoms with Crippen LogP contribution in [0.5, 0.6) is 0 Å². The number of benzene rings is 2. The van der Waals surface area contributed by atoms with Crippen LogP contribution < -0.4 is 15.8 Å². The van der Waals surface area contributed by atoms with E-state index in [9.17, 15) is 18.3 Å². The molecular weight excluding hydrogens is 516 g/mol. The Morgan fingerprint density at radius 1 is 1.08 bits per heavy atom. The van der Waals surface area contributed by atoms with Crippen molar-refractivity contribution in [3.63, 3.8) is 0 Å². The Labute approximate surface area is 226 Å². The Balaban J connectivity index is 1.56. The van der Waals surface area contributed by atoms with E-state index in [0.717, 1.165) is 28.8 Å². The summed E-state index contributed by atoms with van der Waals surface area (Å²) in [7, 11) is -1.93. The highest BCUT2D eigenvalue weighted by Crippen LogP contribution is 2.42. The lowest BCUT2D eigenvalue weighted by Crippen LogP contribution is -2.39. The second-order valence-electron chi connectivity index (χ2n) is 9.80. The number of fused-ring (bicyclic) bond motifs is 1. The first-order valence-electron chi connectivity index (χ1n) is 12.5. The number of rotatable bonds is 7. The zero-order chi connectivity index (χ0) is 27.9. The number of nitrogens with zero attached hydrogens (tertiary/aromatic N) is 3. The lowest BCUT2D eigenvalue weighted by atomic mass is 9.98. The van der Waals surface area contributed by atoms with Crippen molar-refractivity contribution < 1.29 is 18.3 Å². The van der Waals surface area contributed by atoms with Crippen LogP contribution in [-0.4, -0.2) is 46.1 Å². The maximum absolute atomic E-state index is 13.0. The second-order valence-corrected chi connectivity index (χ2v) is 11.5. The van der Waals surface area contributed by atoms with E-state index in [0.29, 0.717) is 41.0 Å². The molecule has 202 valence electrons. The fourth-order valence-corrected chi connectivity index (χ4v) is 6.29. The molecule has 1 saturated carbocycles. The fraction of sp³-hybridized carbons (Fsp3) is 0.250. The average molecular weight is 547 g/mol. The van der Waals surface area contributed by atoms with Crippen molar-refractivity contribution in [2.45, 2.75) is 43.2 Å². The number of anilines is 2. The largest absolute Gasteiger partial charge is 0.391 e. The number of nitrogens with two attached hydrogens (primary N) is 1. The van der Waals surface area contributed by atoms with Crippen LogP contribution in [0.1, 0.15) is 26.2 Å². The zero-order valence-electron chi connectivity index (χ0n) is 21.7. The van der Waals surface area contributed by atoms with Crippen LogP contribution >= 0.6 is 0 Å². The number of aliphatic hydroxyl groups excluding tert-OH is 1. The van der Waals surface area contributed by atoms with Gasteiger partial charge in [0.15, 0.2) is 0 Å². The number of hydrogen-bond donors (Lipinski definition) is 4. The number of nitrogen functional groups attached to an aromatic ring is 1. The highest BCUT2D eigenvalue weighted by molar-refractivity contribution is 7.89. The van der Waals surface area contributed by atoms with Crippen molar-refractivity contribution in [3.05, 3.63) is 67.0 Å². The molecule has 0 saturated heterocycles. The Kier molecular flexibility index (Phi) is 6.98. The summed E-state index contributed by atoms with van der Waals surface area (Å²) in [5, 5.41) is 13.5. The molecule has 0 bridgehead atoms. The third-order valence-corrected chi connectivity index (χ3v) is 8.55. The number of sulfonamides is 1. The standard InChI is InChI=1S/C28H30N6O4S/c1-16(2)28(36)32-19-11-7-18(8-12-19)25-23(24-26(29)30-15-31-27(24)34(25)3)17-9-13-20(14-10-17)39(37,38)33-21-5-4-6-22(21)35/h7-15,21-22,33,35H,1,4-6H2,2-3H3,(H,32,36)(H2,29,30,31). The molecule has 5 rings (SSSR count). The predicted molar refractivity (Wildman–Crippen MR) is 151 cm³/mol. The molecule has 0 aliphatic heterocycles. The molecule has 1 aliphatic rings. The van der Waals surface area contributed by atoms with Gasteiger partial charge in [-0.2, -0.15) is 0 Å². The van der Waals surface area contributed by atoms with E-state index < -0.39 is 22.2 Å². The first kappa shape index (κ1) is 26.5. The van der Waals surface area contributed by atoms with Crippen LogP contribution in [0.3, 0.4) is 0 Å². The molecule has 2 heterocycles. The minimum atomic E-state index is -3.81. The maximum atomic E-state index is 13.0. The van der Waals surface area contributed by atoms with Crippen molar-refractivity contribution in [2.75, 3.05) is 11.1 Å². The number of nitrogens with one attached hydrogen (secondary N) is 2. The van der Waals surface area contributed by atoms with E-state index in [1.165, 1.54) is 18.5 Å². The molecule has 2 aromatic carbocycles. The Hall–Kier alpha value is -4.06. The number of carbonyl (C=O) groups is 1. The summed E-state index contributed by atoms with van der Waals surface area (Å²) in [5.41, 5.74) is 11.1. The summed E-state index contributed by atoms with van der Waals surface area (Å²) in [5.74, 6) is 0.0406. The quantitative estimate of drug-likeness (QED) is 0.259. The molecule has 2 unspecified atom stereocenters. The van der Waals surface area contributed by atoms with Gasteiger partial charge in [0.05, 0.1) is 22.1 Å². The summed E-state index contributed by atoms with van der Waals surface area (Å²) < 4.78 is 30.5. The Morgan fingerprint density at radius 3 is 2.36 bits per heavy atom. The summed E-state index contributed by atoms with van der Waals surface area (Å²) >= 11 is 0. The molecule has 11 heteroatoms. The monoisotopic (exact) mass is 546 g/mol. The van der Waals surface area contributed by atoms with Gasteiger partial charge in [0.1, 0.15) is 17.8 Å². The van der Waals surface area contributed by atoms with E-state index in [4.69, 9.17) is 5.73 Å². The molecule has 1 fully saturated rings. The first-order valence-corrected chi connectivity index (χ1v) is 14.0. The molecule has 4 aromatic rings. The lowest BCUT2D eigenvalue weighted by molar-refractivity contribution is -0.112. The molecule has 5 N–H and O–H groups in total. The summed E-state index contributed by atoms with van der Waals surface area (Å²) in [6.45, 7) is 5.30. The lowest BCUT2D eigenvalue weighted by Gasteiger charge is -2.17. The van der Waals surface area contributed by atoms with Gasteiger partial charge in [-0.05, 0) is 61.6 Å². The summed E-state index contributed by atoms with van der Waals surface area (Å²) in [4.78, 5) is 20.8. The molecule has 1 aliphatic carbocycles. The molecule has 0 radical (unpaired) electrons. The third kappa shape index (κ3) is 5.03. The van der Waals surface area contributed by atoms with Crippen LogP contribution in [0, 0.1) is 0 Å². The van der Waals surface area contributed by atoms with Crippen molar-refractivity contribution in [1.82, 2.24) is 19.3 Å². The van der Waals surface area contributed by atoms with Gasteiger partial charge in [0.2, 0.25) is 10.0 Å². The van der Waals surface area contributed by atoms with Gasteiger partial charge < -0.3 is 20.7 Å². The summed E-state index contributed by atoms with van der Waals surface area (Å²) in [6, 6.07) is 13.4. The number of hydrogen-bond acceptors (Lipinski definition) is 7. The highest BCUT2D eigenvalue weighted by atomic mass is 32.2. The molecule has 2 atom stereocenters. The molecular formula is C28H30N6O4S. The predicted octanol–water partition coefficient (Wildman–Crippen LogP) is 3.59. The molecule has 39 heavy (non-hydrogen) atoms.